The number of H-pyrrole nitrogens is 1. The van der Waals surface area contributed by atoms with Gasteiger partial charge in [-0.15, -0.1) is 0 Å². The predicted octanol–water partition coefficient (Wildman–Crippen LogP) is 1.74. The van der Waals surface area contributed by atoms with Gasteiger partial charge in [0.05, 0.1) is 24.7 Å². The summed E-state index contributed by atoms with van der Waals surface area (Å²) in [5, 5.41) is 38.7. The number of imidazole rings is 1. The molecule has 354 valence electrons. The van der Waals surface area contributed by atoms with Crippen LogP contribution in [0.4, 0.5) is 10.5 Å². The molecule has 0 bridgehead atoms. The lowest BCUT2D eigenvalue weighted by molar-refractivity contribution is -0.132. The zero-order valence-corrected chi connectivity index (χ0v) is 36.7. The maximum absolute atomic E-state index is 13.4. The molecule has 1 aliphatic heterocycles. The number of phenols is 1. The molecule has 68 heavy (non-hydrogen) atoms. The second-order valence-corrected chi connectivity index (χ2v) is 15.6. The summed E-state index contributed by atoms with van der Waals surface area (Å²) >= 11 is 0. The number of carboxylic acid groups (broad SMARTS) is 1. The third-order valence-corrected chi connectivity index (χ3v) is 10.7. The van der Waals surface area contributed by atoms with E-state index in [1.807, 2.05) is 0 Å². The number of likely N-dealkylation sites (N-methyl/N-ethyl adjacent to an activating group) is 1. The molecule has 1 aliphatic carbocycles. The van der Waals surface area contributed by atoms with Crippen LogP contribution in [0.25, 0.3) is 33.4 Å². The number of nitrogens with two attached hydrogens (primary N) is 1. The number of aromatic nitrogens is 2. The van der Waals surface area contributed by atoms with Crippen molar-refractivity contribution in [2.75, 3.05) is 32.0 Å². The van der Waals surface area contributed by atoms with Gasteiger partial charge in [-0.1, -0.05) is 36.4 Å². The number of aromatic hydroxyl groups is 1. The Balaban J connectivity index is 0.927. The first-order valence-corrected chi connectivity index (χ1v) is 21.4. The van der Waals surface area contributed by atoms with Crippen LogP contribution >= 0.6 is 0 Å². The molecular formula is C47H50N10O11. The summed E-state index contributed by atoms with van der Waals surface area (Å²) < 4.78 is 5.87. The number of carbonyl (C=O) groups excluding carboxylic acids is 6. The van der Waals surface area contributed by atoms with Crippen LogP contribution in [0.2, 0.25) is 0 Å². The van der Waals surface area contributed by atoms with E-state index in [-0.39, 0.29) is 65.1 Å². The lowest BCUT2D eigenvalue weighted by Gasteiger charge is -2.22. The molecule has 12 N–H and O–H groups in total. The first-order valence-electron chi connectivity index (χ1n) is 21.4. The predicted molar refractivity (Wildman–Crippen MR) is 248 cm³/mol. The summed E-state index contributed by atoms with van der Waals surface area (Å²) in [5.41, 5.74) is 7.91. The first-order chi connectivity index (χ1) is 32.7. The molecule has 4 aromatic rings. The molecule has 0 spiro atoms. The molecule has 6 rings (SSSR count). The number of amides is 7. The summed E-state index contributed by atoms with van der Waals surface area (Å²) in [4.78, 5) is 109. The Hall–Kier alpha value is -8.59. The number of aromatic carboxylic acids is 1. The molecule has 0 radical (unpaired) electrons. The van der Waals surface area contributed by atoms with E-state index < -0.39 is 72.8 Å². The van der Waals surface area contributed by atoms with E-state index >= 15 is 0 Å². The van der Waals surface area contributed by atoms with Crippen molar-refractivity contribution in [1.29, 1.82) is 0 Å². The molecule has 0 saturated carbocycles. The summed E-state index contributed by atoms with van der Waals surface area (Å²) in [5.74, 6) is -3.82. The normalized spacial score (nSPS) is 12.3. The minimum atomic E-state index is -1.28. The highest BCUT2D eigenvalue weighted by Crippen LogP contribution is 2.42. The molecule has 0 fully saturated rings. The van der Waals surface area contributed by atoms with Crippen LogP contribution in [0.15, 0.2) is 107 Å². The molecule has 0 saturated heterocycles. The second kappa shape index (κ2) is 23.0. The second-order valence-electron chi connectivity index (χ2n) is 15.6. The minimum absolute atomic E-state index is 0.0663. The van der Waals surface area contributed by atoms with E-state index in [1.165, 1.54) is 61.8 Å². The summed E-state index contributed by atoms with van der Waals surface area (Å²) in [7, 11) is 1.43. The van der Waals surface area contributed by atoms with Crippen LogP contribution in [0, 0.1) is 0 Å². The van der Waals surface area contributed by atoms with Crippen molar-refractivity contribution >= 4 is 58.2 Å². The Kier molecular flexibility index (Phi) is 16.6. The number of benzene rings is 4. The molecule has 21 nitrogen and oxygen atoms in total. The fraction of sp³-hybridized carbons (Fsp3) is 0.255. The zero-order valence-electron chi connectivity index (χ0n) is 36.7. The molecule has 21 heteroatoms. The molecular weight excluding hydrogens is 881 g/mol. The number of carbonyl (C=O) groups is 7. The lowest BCUT2D eigenvalue weighted by Crippen LogP contribution is -2.56. The largest absolute Gasteiger partial charge is 0.508 e. The number of hydrogen-bond donors (Lipinski definition) is 11. The molecule has 2 heterocycles. The van der Waals surface area contributed by atoms with E-state index in [4.69, 9.17) is 10.2 Å². The van der Waals surface area contributed by atoms with Gasteiger partial charge in [0.15, 0.2) is 5.43 Å². The number of carboxylic acids is 1. The van der Waals surface area contributed by atoms with Gasteiger partial charge in [-0.2, -0.15) is 0 Å². The van der Waals surface area contributed by atoms with Gasteiger partial charge >= 0.3 is 12.0 Å². The van der Waals surface area contributed by atoms with E-state index in [1.54, 1.807) is 42.6 Å². The number of rotatable bonds is 21. The number of aromatic amines is 1. The maximum Gasteiger partial charge on any atom is 0.336 e. The van der Waals surface area contributed by atoms with Gasteiger partial charge in [0.2, 0.25) is 29.5 Å². The Bertz CT molecular complexity index is 2820. The van der Waals surface area contributed by atoms with Crippen molar-refractivity contribution < 1.29 is 48.2 Å². The van der Waals surface area contributed by atoms with Crippen molar-refractivity contribution in [3.8, 4) is 28.2 Å². The van der Waals surface area contributed by atoms with Gasteiger partial charge in [0.1, 0.15) is 35.0 Å². The van der Waals surface area contributed by atoms with Crippen molar-refractivity contribution in [2.24, 2.45) is 5.73 Å². The third kappa shape index (κ3) is 13.3. The van der Waals surface area contributed by atoms with Gasteiger partial charge in [-0.05, 0) is 66.8 Å². The fourth-order valence-corrected chi connectivity index (χ4v) is 7.27. The number of nitrogens with one attached hydrogen (secondary N) is 8. The van der Waals surface area contributed by atoms with Gasteiger partial charge in [-0.25, -0.2) is 14.6 Å². The van der Waals surface area contributed by atoms with E-state index in [0.29, 0.717) is 35.2 Å². The number of urea groups is 1. The highest BCUT2D eigenvalue weighted by atomic mass is 16.4. The summed E-state index contributed by atoms with van der Waals surface area (Å²) in [6.07, 6.45) is 4.29. The van der Waals surface area contributed by atoms with Crippen LogP contribution < -0.4 is 48.4 Å². The lowest BCUT2D eigenvalue weighted by atomic mass is 9.90. The first kappa shape index (κ1) is 48.9. The summed E-state index contributed by atoms with van der Waals surface area (Å²) in [6.45, 7) is -0.821. The highest BCUT2D eigenvalue weighted by Gasteiger charge is 2.28. The average molecular weight is 931 g/mol. The standard InChI is InChI=1S/C47H50N10O11/c1-49-44(63)36(23-39-50-17-18-51-39)57-45(64)35(19-26-7-3-2-4-8-26)56-41(61)25-53-40(60)24-54-43(62)34(48)9-5-6-16-52-47(67)55-27-10-13-30(33(20-27)46(65)66)42-31-14-11-28(58)21-37(31)68-38-22-29(59)12-15-32(38)42/h2-4,7-8,10-15,17-18,20-22,34-36,58H,5-6,9,16,19,23-25,48H2,1H3,(H,49,63)(H,50,51)(H,53,60)(H,54,62)(H,56,61)(H,57,64)(H,65,66)(H2,52,55,67)/t34-,35-,36-/m0/s1. The van der Waals surface area contributed by atoms with Crippen LogP contribution in [0.5, 0.6) is 5.75 Å². The fourth-order valence-electron chi connectivity index (χ4n) is 7.27. The van der Waals surface area contributed by atoms with Crippen LogP contribution in [-0.4, -0.2) is 107 Å². The topological polar surface area (TPSA) is 329 Å². The Morgan fingerprint density at radius 3 is 2.26 bits per heavy atom. The number of phenolic OH excluding ortho intramolecular Hbond substituents is 1. The minimum Gasteiger partial charge on any atom is -0.508 e. The van der Waals surface area contributed by atoms with E-state index in [0.717, 1.165) is 5.56 Å². The Labute approximate surface area is 388 Å². The zero-order chi connectivity index (χ0) is 48.7. The van der Waals surface area contributed by atoms with Gasteiger partial charge in [-0.3, -0.25) is 28.8 Å². The molecule has 1 aromatic heterocycles. The monoisotopic (exact) mass is 930 g/mol. The van der Waals surface area contributed by atoms with Crippen molar-refractivity contribution in [1.82, 2.24) is 41.9 Å². The van der Waals surface area contributed by atoms with E-state index in [9.17, 15) is 48.6 Å². The SMILES string of the molecule is CNC(=O)[C@H](Cc1ncc[nH]1)NC(=O)[C@H](Cc1ccccc1)NC(=O)CNC(=O)CNC(=O)[C@@H](N)CCCCNC(=O)Nc1ccc(-c2c3ccc(=O)cc-3oc3cc(O)ccc23)c(C(=O)O)c1. The Morgan fingerprint density at radius 2 is 1.53 bits per heavy atom. The molecule has 2 aliphatic rings. The molecule has 3 aromatic carbocycles. The van der Waals surface area contributed by atoms with Crippen molar-refractivity contribution in [2.45, 2.75) is 50.2 Å². The van der Waals surface area contributed by atoms with Gasteiger partial charge in [0, 0.05) is 73.2 Å². The maximum atomic E-state index is 13.4. The number of nitrogens with zero attached hydrogens (tertiary/aromatic N) is 1. The van der Waals surface area contributed by atoms with E-state index in [2.05, 4.69) is 47.2 Å². The van der Waals surface area contributed by atoms with Crippen LogP contribution in [0.1, 0.15) is 41.0 Å². The van der Waals surface area contributed by atoms with Gasteiger partial charge in [0.25, 0.3) is 0 Å². The quantitative estimate of drug-likeness (QED) is 0.0363. The number of hydrogen-bond acceptors (Lipinski definition) is 12. The van der Waals surface area contributed by atoms with Crippen LogP contribution in [-0.2, 0) is 36.8 Å². The third-order valence-electron chi connectivity index (χ3n) is 10.7. The Morgan fingerprint density at radius 1 is 0.779 bits per heavy atom. The smallest absolute Gasteiger partial charge is 0.336 e. The van der Waals surface area contributed by atoms with Crippen LogP contribution in [0.3, 0.4) is 0 Å². The molecule has 3 atom stereocenters. The van der Waals surface area contributed by atoms with Crippen molar-refractivity contribution in [3.05, 3.63) is 124 Å². The number of unbranched alkanes of at least 4 members (excludes halogenated alkanes) is 1. The number of anilines is 1. The van der Waals surface area contributed by atoms with Crippen molar-refractivity contribution in [3.63, 3.8) is 0 Å². The average Bonchev–Trinajstić information content (AvgIpc) is 3.84. The van der Waals surface area contributed by atoms with Gasteiger partial charge < -0.3 is 62.6 Å². The summed E-state index contributed by atoms with van der Waals surface area (Å²) in [6, 6.07) is 18.0. The molecule has 0 unspecified atom stereocenters. The molecule has 7 amide bonds. The number of fused-ring (bicyclic) bond motifs is 2. The highest BCUT2D eigenvalue weighted by molar-refractivity contribution is 6.08.